The first-order valence-electron chi connectivity index (χ1n) is 5.57. The van der Waals surface area contributed by atoms with Gasteiger partial charge in [-0.2, -0.15) is 0 Å². The molecule has 4 heteroatoms. The Morgan fingerprint density at radius 2 is 2.20 bits per heavy atom. The average Bonchev–Trinajstić information content (AvgIpc) is 2.71. The van der Waals surface area contributed by atoms with Gasteiger partial charge < -0.3 is 15.4 Å². The number of amides is 1. The van der Waals surface area contributed by atoms with Crippen LogP contribution in [0.1, 0.15) is 33.6 Å². The van der Waals surface area contributed by atoms with E-state index in [9.17, 15) is 4.79 Å². The van der Waals surface area contributed by atoms with Crippen LogP contribution >= 0.6 is 0 Å². The molecule has 15 heavy (non-hydrogen) atoms. The number of hydrogen-bond acceptors (Lipinski definition) is 3. The Hall–Kier alpha value is -0.770. The Balaban J connectivity index is 1.88. The Labute approximate surface area is 90.8 Å². The third-order valence-corrected chi connectivity index (χ3v) is 3.22. The normalized spacial score (nSPS) is 34.7. The number of carbonyl (C=O) groups is 1. The molecular formula is C11H20N2O2. The van der Waals surface area contributed by atoms with Gasteiger partial charge in [-0.25, -0.2) is 4.79 Å². The standard InChI is InChI=1S/C11H20N2O2/c1-10(2,3)15-9(14)13-5-4-11(12)6-8(11)7-13/h8H,4-7,12H2,1-3H3/t8-,11+/m1/s1. The highest BCUT2D eigenvalue weighted by Crippen LogP contribution is 2.47. The van der Waals surface area contributed by atoms with Crippen molar-refractivity contribution in [3.05, 3.63) is 0 Å². The van der Waals surface area contributed by atoms with Crippen LogP contribution < -0.4 is 5.73 Å². The second kappa shape index (κ2) is 3.11. The number of piperidine rings is 1. The fourth-order valence-electron chi connectivity index (χ4n) is 2.15. The van der Waals surface area contributed by atoms with Crippen molar-refractivity contribution in [1.82, 2.24) is 4.90 Å². The largest absolute Gasteiger partial charge is 0.444 e. The molecule has 1 saturated heterocycles. The topological polar surface area (TPSA) is 55.6 Å². The number of carbonyl (C=O) groups excluding carboxylic acids is 1. The number of nitrogens with zero attached hydrogens (tertiary/aromatic N) is 1. The first-order valence-corrected chi connectivity index (χ1v) is 5.57. The quantitative estimate of drug-likeness (QED) is 0.659. The first-order chi connectivity index (χ1) is 6.80. The third kappa shape index (κ3) is 2.25. The van der Waals surface area contributed by atoms with E-state index in [4.69, 9.17) is 10.5 Å². The van der Waals surface area contributed by atoms with Crippen molar-refractivity contribution >= 4 is 6.09 Å². The lowest BCUT2D eigenvalue weighted by Gasteiger charge is -2.31. The second-order valence-corrected chi connectivity index (χ2v) is 5.81. The second-order valence-electron chi connectivity index (χ2n) is 5.81. The van der Waals surface area contributed by atoms with Gasteiger partial charge in [-0.3, -0.25) is 0 Å². The van der Waals surface area contributed by atoms with Crippen LogP contribution in [-0.4, -0.2) is 35.2 Å². The molecule has 1 aliphatic heterocycles. The highest BCUT2D eigenvalue weighted by atomic mass is 16.6. The maximum Gasteiger partial charge on any atom is 0.410 e. The fourth-order valence-corrected chi connectivity index (χ4v) is 2.15. The zero-order valence-corrected chi connectivity index (χ0v) is 9.75. The van der Waals surface area contributed by atoms with Gasteiger partial charge in [-0.15, -0.1) is 0 Å². The van der Waals surface area contributed by atoms with Gasteiger partial charge in [0.2, 0.25) is 0 Å². The minimum Gasteiger partial charge on any atom is -0.444 e. The monoisotopic (exact) mass is 212 g/mol. The molecule has 0 bridgehead atoms. The maximum atomic E-state index is 11.7. The predicted molar refractivity (Wildman–Crippen MR) is 57.4 cm³/mol. The van der Waals surface area contributed by atoms with E-state index in [1.54, 1.807) is 4.90 Å². The Morgan fingerprint density at radius 3 is 2.73 bits per heavy atom. The van der Waals surface area contributed by atoms with Crippen molar-refractivity contribution in [2.75, 3.05) is 13.1 Å². The number of fused-ring (bicyclic) bond motifs is 1. The zero-order valence-electron chi connectivity index (χ0n) is 9.75. The Kier molecular flexibility index (Phi) is 2.23. The van der Waals surface area contributed by atoms with E-state index < -0.39 is 5.60 Å². The van der Waals surface area contributed by atoms with Gasteiger partial charge in [0.1, 0.15) is 5.60 Å². The number of nitrogens with two attached hydrogens (primary N) is 1. The molecule has 0 radical (unpaired) electrons. The minimum absolute atomic E-state index is 0.0402. The molecule has 0 aromatic heterocycles. The summed E-state index contributed by atoms with van der Waals surface area (Å²) in [6, 6.07) is 0. The van der Waals surface area contributed by atoms with Gasteiger partial charge >= 0.3 is 6.09 Å². The first kappa shape index (κ1) is 10.7. The lowest BCUT2D eigenvalue weighted by atomic mass is 10.1. The number of hydrogen-bond donors (Lipinski definition) is 1. The van der Waals surface area contributed by atoms with E-state index in [2.05, 4.69) is 0 Å². The van der Waals surface area contributed by atoms with Crippen molar-refractivity contribution in [2.45, 2.75) is 44.8 Å². The summed E-state index contributed by atoms with van der Waals surface area (Å²) >= 11 is 0. The summed E-state index contributed by atoms with van der Waals surface area (Å²) in [7, 11) is 0. The number of likely N-dealkylation sites (tertiary alicyclic amines) is 1. The lowest BCUT2D eigenvalue weighted by molar-refractivity contribution is 0.0201. The van der Waals surface area contributed by atoms with Gasteiger partial charge in [-0.1, -0.05) is 0 Å². The van der Waals surface area contributed by atoms with Crippen molar-refractivity contribution < 1.29 is 9.53 Å². The maximum absolute atomic E-state index is 11.7. The third-order valence-electron chi connectivity index (χ3n) is 3.22. The molecule has 86 valence electrons. The van der Waals surface area contributed by atoms with E-state index in [1.807, 2.05) is 20.8 Å². The lowest BCUT2D eigenvalue weighted by Crippen LogP contribution is -2.46. The molecule has 4 nitrogen and oxygen atoms in total. The van der Waals surface area contributed by atoms with E-state index in [1.165, 1.54) is 0 Å². The molecule has 1 saturated carbocycles. The van der Waals surface area contributed by atoms with Gasteiger partial charge in [0, 0.05) is 18.6 Å². The predicted octanol–water partition coefficient (Wildman–Crippen LogP) is 1.34. The molecule has 1 heterocycles. The van der Waals surface area contributed by atoms with Gasteiger partial charge in [0.15, 0.2) is 0 Å². The molecule has 0 unspecified atom stereocenters. The van der Waals surface area contributed by atoms with Gasteiger partial charge in [0.25, 0.3) is 0 Å². The van der Waals surface area contributed by atoms with Crippen LogP contribution in [0, 0.1) is 5.92 Å². The number of ether oxygens (including phenoxy) is 1. The summed E-state index contributed by atoms with van der Waals surface area (Å²) in [6.45, 7) is 7.17. The van der Waals surface area contributed by atoms with Crippen molar-refractivity contribution in [1.29, 1.82) is 0 Å². The molecule has 2 rings (SSSR count). The smallest absolute Gasteiger partial charge is 0.410 e. The van der Waals surface area contributed by atoms with Crippen LogP contribution in [0.3, 0.4) is 0 Å². The van der Waals surface area contributed by atoms with E-state index in [-0.39, 0.29) is 11.6 Å². The summed E-state index contributed by atoms with van der Waals surface area (Å²) in [6.07, 6.45) is 1.78. The molecule has 0 spiro atoms. The van der Waals surface area contributed by atoms with Crippen LogP contribution in [-0.2, 0) is 4.74 Å². The molecule has 2 aliphatic rings. The van der Waals surface area contributed by atoms with Gasteiger partial charge in [0.05, 0.1) is 0 Å². The summed E-state index contributed by atoms with van der Waals surface area (Å²) in [4.78, 5) is 13.5. The highest BCUT2D eigenvalue weighted by Gasteiger charge is 2.54. The van der Waals surface area contributed by atoms with Crippen LogP contribution in [0.2, 0.25) is 0 Å². The summed E-state index contributed by atoms with van der Waals surface area (Å²) in [5.74, 6) is 0.499. The highest BCUT2D eigenvalue weighted by molar-refractivity contribution is 5.68. The molecule has 0 aromatic rings. The zero-order chi connectivity index (χ0) is 11.3. The summed E-state index contributed by atoms with van der Waals surface area (Å²) in [5.41, 5.74) is 5.70. The van der Waals surface area contributed by atoms with E-state index in [0.29, 0.717) is 5.92 Å². The van der Waals surface area contributed by atoms with Crippen molar-refractivity contribution in [3.63, 3.8) is 0 Å². The summed E-state index contributed by atoms with van der Waals surface area (Å²) < 4.78 is 5.32. The van der Waals surface area contributed by atoms with Crippen LogP contribution in [0.25, 0.3) is 0 Å². The molecule has 2 fully saturated rings. The molecule has 2 atom stereocenters. The molecular weight excluding hydrogens is 192 g/mol. The van der Waals surface area contributed by atoms with Crippen LogP contribution in [0.15, 0.2) is 0 Å². The van der Waals surface area contributed by atoms with E-state index >= 15 is 0 Å². The number of rotatable bonds is 0. The molecule has 0 aromatic carbocycles. The minimum atomic E-state index is -0.405. The van der Waals surface area contributed by atoms with Crippen LogP contribution in [0.5, 0.6) is 0 Å². The fraction of sp³-hybridized carbons (Fsp3) is 0.909. The molecule has 1 amide bonds. The van der Waals surface area contributed by atoms with Gasteiger partial charge in [-0.05, 0) is 39.5 Å². The van der Waals surface area contributed by atoms with E-state index in [0.717, 1.165) is 25.9 Å². The van der Waals surface area contributed by atoms with Crippen molar-refractivity contribution in [3.8, 4) is 0 Å². The Morgan fingerprint density at radius 1 is 1.53 bits per heavy atom. The Bertz CT molecular complexity index is 285. The van der Waals surface area contributed by atoms with Crippen molar-refractivity contribution in [2.24, 2.45) is 11.7 Å². The SMILES string of the molecule is CC(C)(C)OC(=O)N1CC[C@]2(N)C[C@@H]2C1. The molecule has 1 aliphatic carbocycles. The van der Waals surface area contributed by atoms with Crippen LogP contribution in [0.4, 0.5) is 4.79 Å². The average molecular weight is 212 g/mol. The molecule has 2 N–H and O–H groups in total. The summed E-state index contributed by atoms with van der Waals surface area (Å²) in [5, 5.41) is 0.